The molecule has 0 aromatic heterocycles. The van der Waals surface area contributed by atoms with E-state index in [0.29, 0.717) is 0 Å². The van der Waals surface area contributed by atoms with Gasteiger partial charge in [-0.3, -0.25) is 4.79 Å². The number of carbonyl (C=O) groups excluding carboxylic acids is 1. The first-order chi connectivity index (χ1) is 5.58. The molecular weight excluding hydrogens is 147 g/mol. The molecule has 0 aromatic rings. The van der Waals surface area contributed by atoms with Crippen molar-refractivity contribution < 1.29 is 10.6 Å². The summed E-state index contributed by atoms with van der Waals surface area (Å²) in [4.78, 5) is 11.0. The highest BCUT2D eigenvalue weighted by molar-refractivity contribution is 5.83. The molecule has 1 aliphatic heterocycles. The van der Waals surface area contributed by atoms with E-state index in [1.165, 1.54) is 19.2 Å². The summed E-state index contributed by atoms with van der Waals surface area (Å²) in [6.07, 6.45) is 3.75. The lowest BCUT2D eigenvalue weighted by atomic mass is 10.2. The monoisotopic (exact) mass is 157 g/mol. The fraction of sp³-hybridized carbons (Fsp3) is 0.286. The van der Waals surface area contributed by atoms with E-state index in [1.807, 2.05) is 0 Å². The van der Waals surface area contributed by atoms with Crippen LogP contribution in [0.2, 0.25) is 0 Å². The van der Waals surface area contributed by atoms with Crippen LogP contribution in [0.15, 0.2) is 24.2 Å². The lowest BCUT2D eigenvalue weighted by Crippen LogP contribution is -2.41. The Bertz CT molecular complexity index is 264. The van der Waals surface area contributed by atoms with Gasteiger partial charge in [-0.05, 0) is 6.08 Å². The summed E-state index contributed by atoms with van der Waals surface area (Å²) in [6, 6.07) is -1.71. The molecule has 1 rings (SSSR count). The van der Waals surface area contributed by atoms with Gasteiger partial charge in [-0.15, -0.1) is 0 Å². The number of nitrogens with one attached hydrogen (secondary N) is 2. The summed E-state index contributed by atoms with van der Waals surface area (Å²) in [5, 5.41) is 4.37. The second-order valence-corrected chi connectivity index (χ2v) is 1.99. The maximum absolute atomic E-state index is 12.6. The Morgan fingerprint density at radius 1 is 2.00 bits per heavy atom. The van der Waals surface area contributed by atoms with Crippen molar-refractivity contribution >= 4 is 5.91 Å². The minimum absolute atomic E-state index is 0.595. The third-order valence-corrected chi connectivity index (χ3v) is 1.23. The third kappa shape index (κ3) is 1.80. The average Bonchev–Trinajstić information content (AvgIpc) is 2.02. The molecule has 11 heavy (non-hydrogen) atoms. The molecule has 0 aromatic carbocycles. The number of hydrogen-bond acceptors (Lipinski definition) is 2. The standard InChI is InChI=1S/C7H9FN2O/c1-9-7(11)5-3-2-4-6(8)10-5/h2-5,10H,1H3,(H,9,11)/i5D. The number of allylic oxidation sites excluding steroid dienone is 2. The first-order valence-electron chi connectivity index (χ1n) is 3.64. The zero-order valence-electron chi connectivity index (χ0n) is 7.02. The first-order valence-corrected chi connectivity index (χ1v) is 3.14. The van der Waals surface area contributed by atoms with Gasteiger partial charge in [0.1, 0.15) is 6.02 Å². The van der Waals surface area contributed by atoms with Gasteiger partial charge in [0.15, 0.2) is 5.95 Å². The number of rotatable bonds is 1. The van der Waals surface area contributed by atoms with Gasteiger partial charge in [-0.25, -0.2) is 0 Å². The number of likely N-dealkylation sites (N-methyl/N-ethyl adjacent to an activating group) is 1. The van der Waals surface area contributed by atoms with Gasteiger partial charge in [-0.1, -0.05) is 12.2 Å². The maximum atomic E-state index is 12.6. The van der Waals surface area contributed by atoms with Crippen LogP contribution >= 0.6 is 0 Å². The molecule has 1 heterocycles. The van der Waals surface area contributed by atoms with Crippen molar-refractivity contribution in [1.29, 1.82) is 0 Å². The fourth-order valence-corrected chi connectivity index (χ4v) is 0.708. The Morgan fingerprint density at radius 3 is 3.27 bits per heavy atom. The van der Waals surface area contributed by atoms with Crippen molar-refractivity contribution in [2.75, 3.05) is 7.05 Å². The minimum atomic E-state index is -1.71. The van der Waals surface area contributed by atoms with E-state index in [9.17, 15) is 9.18 Å². The molecule has 60 valence electrons. The SMILES string of the molecule is [2H]C1(C(=O)NC)C=CC=C(F)N1. The van der Waals surface area contributed by atoms with Crippen LogP contribution in [-0.4, -0.2) is 19.0 Å². The normalized spacial score (nSPS) is 30.0. The van der Waals surface area contributed by atoms with Crippen molar-refractivity contribution in [3.8, 4) is 0 Å². The summed E-state index contributed by atoms with van der Waals surface area (Å²) >= 11 is 0. The Kier molecular flexibility index (Phi) is 1.85. The predicted molar refractivity (Wildman–Crippen MR) is 39.3 cm³/mol. The zero-order valence-corrected chi connectivity index (χ0v) is 6.02. The Morgan fingerprint density at radius 2 is 2.73 bits per heavy atom. The van der Waals surface area contributed by atoms with Crippen LogP contribution in [0.5, 0.6) is 0 Å². The quantitative estimate of drug-likeness (QED) is 0.529. The van der Waals surface area contributed by atoms with E-state index < -0.39 is 17.9 Å². The molecule has 0 aliphatic carbocycles. The van der Waals surface area contributed by atoms with Crippen LogP contribution < -0.4 is 10.6 Å². The summed E-state index contributed by atoms with van der Waals surface area (Å²) < 4.78 is 20.0. The lowest BCUT2D eigenvalue weighted by molar-refractivity contribution is -0.121. The molecule has 0 radical (unpaired) electrons. The topological polar surface area (TPSA) is 41.1 Å². The molecule has 0 saturated carbocycles. The molecule has 2 N–H and O–H groups in total. The maximum Gasteiger partial charge on any atom is 0.246 e. The molecule has 0 bridgehead atoms. The van der Waals surface area contributed by atoms with Crippen LogP contribution in [0.25, 0.3) is 0 Å². The van der Waals surface area contributed by atoms with E-state index in [0.717, 1.165) is 6.08 Å². The van der Waals surface area contributed by atoms with Crippen LogP contribution in [0.1, 0.15) is 1.37 Å². The average molecular weight is 157 g/mol. The number of carbonyl (C=O) groups is 1. The van der Waals surface area contributed by atoms with Crippen LogP contribution in [0.4, 0.5) is 4.39 Å². The number of hydrogen-bond donors (Lipinski definition) is 2. The molecule has 0 saturated heterocycles. The molecule has 4 heteroatoms. The number of amides is 1. The zero-order chi connectivity index (χ0) is 9.19. The van der Waals surface area contributed by atoms with Crippen molar-refractivity contribution in [2.45, 2.75) is 6.02 Å². The summed E-state index contributed by atoms with van der Waals surface area (Å²) in [6.45, 7) is 0. The van der Waals surface area contributed by atoms with Crippen LogP contribution in [0.3, 0.4) is 0 Å². The van der Waals surface area contributed by atoms with E-state index in [-0.39, 0.29) is 0 Å². The molecular formula is C7H9FN2O. The molecule has 1 unspecified atom stereocenters. The van der Waals surface area contributed by atoms with E-state index >= 15 is 0 Å². The predicted octanol–water partition coefficient (Wildman–Crippen LogP) is 0.0713. The second-order valence-electron chi connectivity index (χ2n) is 1.99. The number of halogens is 1. The third-order valence-electron chi connectivity index (χ3n) is 1.23. The summed E-state index contributed by atoms with van der Waals surface area (Å²) in [7, 11) is 1.39. The Labute approximate surface area is 65.4 Å². The van der Waals surface area contributed by atoms with Gasteiger partial charge in [0, 0.05) is 7.05 Å². The van der Waals surface area contributed by atoms with Gasteiger partial charge < -0.3 is 10.6 Å². The largest absolute Gasteiger partial charge is 0.357 e. The highest BCUT2D eigenvalue weighted by atomic mass is 19.1. The molecule has 0 spiro atoms. The van der Waals surface area contributed by atoms with Crippen molar-refractivity contribution in [1.82, 2.24) is 10.6 Å². The van der Waals surface area contributed by atoms with Crippen molar-refractivity contribution in [2.24, 2.45) is 0 Å². The molecule has 1 atom stereocenters. The molecule has 0 fully saturated rings. The molecule has 1 amide bonds. The fourth-order valence-electron chi connectivity index (χ4n) is 0.708. The minimum Gasteiger partial charge on any atom is -0.357 e. The van der Waals surface area contributed by atoms with Gasteiger partial charge in [0.05, 0.1) is 1.37 Å². The lowest BCUT2D eigenvalue weighted by Gasteiger charge is -2.14. The van der Waals surface area contributed by atoms with Gasteiger partial charge >= 0.3 is 0 Å². The van der Waals surface area contributed by atoms with E-state index in [1.54, 1.807) is 0 Å². The van der Waals surface area contributed by atoms with Crippen molar-refractivity contribution in [3.63, 3.8) is 0 Å². The van der Waals surface area contributed by atoms with Crippen LogP contribution in [-0.2, 0) is 4.79 Å². The Hall–Kier alpha value is -1.32. The Balaban J connectivity index is 2.82. The van der Waals surface area contributed by atoms with Gasteiger partial charge in [-0.2, -0.15) is 4.39 Å². The van der Waals surface area contributed by atoms with E-state index in [2.05, 4.69) is 10.6 Å². The molecule has 1 aliphatic rings. The first kappa shape index (κ1) is 6.39. The van der Waals surface area contributed by atoms with Gasteiger partial charge in [0.2, 0.25) is 5.91 Å². The van der Waals surface area contributed by atoms with Crippen molar-refractivity contribution in [3.05, 3.63) is 24.2 Å². The second kappa shape index (κ2) is 3.18. The smallest absolute Gasteiger partial charge is 0.246 e. The summed E-state index contributed by atoms with van der Waals surface area (Å²) in [5.74, 6) is -1.28. The molecule has 3 nitrogen and oxygen atoms in total. The van der Waals surface area contributed by atoms with E-state index in [4.69, 9.17) is 1.37 Å². The highest BCUT2D eigenvalue weighted by Gasteiger charge is 2.15. The highest BCUT2D eigenvalue weighted by Crippen LogP contribution is 2.02. The number of dihydropyridines is 1. The summed E-state index contributed by atoms with van der Waals surface area (Å²) in [5.41, 5.74) is 0. The van der Waals surface area contributed by atoms with Crippen LogP contribution in [0, 0.1) is 0 Å². The van der Waals surface area contributed by atoms with Gasteiger partial charge in [0.25, 0.3) is 0 Å².